The third-order valence-electron chi connectivity index (χ3n) is 3.65. The number of hydrogen-bond donors (Lipinski definition) is 1. The molecule has 0 amide bonds. The maximum absolute atomic E-state index is 11.5. The van der Waals surface area contributed by atoms with Crippen LogP contribution in [0.2, 0.25) is 0 Å². The average Bonchev–Trinajstić information content (AvgIpc) is 2.71. The van der Waals surface area contributed by atoms with Crippen LogP contribution in [0.15, 0.2) is 0 Å². The highest BCUT2D eigenvalue weighted by Gasteiger charge is 2.35. The van der Waals surface area contributed by atoms with Crippen molar-refractivity contribution in [3.8, 4) is 0 Å². The van der Waals surface area contributed by atoms with E-state index in [1.807, 2.05) is 6.92 Å². The van der Waals surface area contributed by atoms with E-state index in [2.05, 4.69) is 4.90 Å². The van der Waals surface area contributed by atoms with E-state index >= 15 is 0 Å². The quantitative estimate of drug-likeness (QED) is 0.712. The molecule has 1 saturated carbocycles. The van der Waals surface area contributed by atoms with Gasteiger partial charge in [0.2, 0.25) is 0 Å². The van der Waals surface area contributed by atoms with Crippen LogP contribution in [0.5, 0.6) is 0 Å². The summed E-state index contributed by atoms with van der Waals surface area (Å²) in [5.74, 6) is 0.791. The van der Waals surface area contributed by atoms with E-state index in [9.17, 15) is 9.90 Å². The van der Waals surface area contributed by atoms with Gasteiger partial charge in [-0.15, -0.1) is 0 Å². The first kappa shape index (κ1) is 10.1. The third kappa shape index (κ3) is 1.84. The van der Waals surface area contributed by atoms with Crippen molar-refractivity contribution in [1.82, 2.24) is 4.90 Å². The first-order valence-corrected chi connectivity index (χ1v) is 5.63. The Hall–Kier alpha value is -0.410. The smallest absolute Gasteiger partial charge is 0.149 e. The fourth-order valence-corrected chi connectivity index (χ4v) is 2.68. The van der Waals surface area contributed by atoms with Gasteiger partial charge < -0.3 is 5.11 Å². The van der Waals surface area contributed by atoms with Gasteiger partial charge in [-0.3, -0.25) is 9.69 Å². The van der Waals surface area contributed by atoms with Gasteiger partial charge in [-0.1, -0.05) is 0 Å². The Labute approximate surface area is 85.1 Å². The van der Waals surface area contributed by atoms with Gasteiger partial charge in [-0.2, -0.15) is 0 Å². The molecule has 3 nitrogen and oxygen atoms in total. The Kier molecular flexibility index (Phi) is 2.88. The molecule has 0 aromatic carbocycles. The highest BCUT2D eigenvalue weighted by atomic mass is 16.3. The molecule has 0 aromatic heterocycles. The molecule has 2 rings (SSSR count). The van der Waals surface area contributed by atoms with Gasteiger partial charge >= 0.3 is 0 Å². The number of hydrogen-bond acceptors (Lipinski definition) is 3. The van der Waals surface area contributed by atoms with E-state index in [0.717, 1.165) is 38.8 Å². The van der Waals surface area contributed by atoms with E-state index in [0.29, 0.717) is 11.7 Å². The van der Waals surface area contributed by atoms with Crippen molar-refractivity contribution in [2.75, 3.05) is 13.1 Å². The molecule has 0 radical (unpaired) electrons. The number of aliphatic hydroxyl groups is 1. The molecule has 1 aliphatic carbocycles. The summed E-state index contributed by atoms with van der Waals surface area (Å²) < 4.78 is 0. The van der Waals surface area contributed by atoms with Crippen molar-refractivity contribution in [2.24, 2.45) is 5.92 Å². The van der Waals surface area contributed by atoms with Gasteiger partial charge in [-0.05, 0) is 38.6 Å². The van der Waals surface area contributed by atoms with Crippen molar-refractivity contribution in [3.63, 3.8) is 0 Å². The number of nitrogens with zero attached hydrogens (tertiary/aromatic N) is 1. The van der Waals surface area contributed by atoms with Crippen molar-refractivity contribution >= 4 is 5.78 Å². The van der Waals surface area contributed by atoms with Crippen molar-refractivity contribution in [1.29, 1.82) is 0 Å². The van der Waals surface area contributed by atoms with Crippen LogP contribution in [0.25, 0.3) is 0 Å². The van der Waals surface area contributed by atoms with E-state index in [4.69, 9.17) is 0 Å². The first-order chi connectivity index (χ1) is 6.68. The van der Waals surface area contributed by atoms with Gasteiger partial charge in [-0.25, -0.2) is 0 Å². The number of rotatable bonds is 2. The summed E-state index contributed by atoms with van der Waals surface area (Å²) in [4.78, 5) is 13.8. The number of carbonyl (C=O) groups is 1. The summed E-state index contributed by atoms with van der Waals surface area (Å²) in [6.45, 7) is 3.75. The van der Waals surface area contributed by atoms with E-state index in [1.165, 1.54) is 0 Å². The van der Waals surface area contributed by atoms with Gasteiger partial charge in [0.1, 0.15) is 5.78 Å². The van der Waals surface area contributed by atoms with E-state index in [1.54, 1.807) is 0 Å². The molecule has 14 heavy (non-hydrogen) atoms. The predicted molar refractivity (Wildman–Crippen MR) is 54.0 cm³/mol. The second-order valence-electron chi connectivity index (χ2n) is 4.66. The Balaban J connectivity index is 1.92. The molecule has 1 N–H and O–H groups in total. The van der Waals surface area contributed by atoms with Gasteiger partial charge in [0, 0.05) is 13.0 Å². The second kappa shape index (κ2) is 3.99. The van der Waals surface area contributed by atoms with Crippen LogP contribution in [-0.2, 0) is 4.79 Å². The SMILES string of the molecule is CC(O)C1CCN(C2CCCC2=O)C1. The Morgan fingerprint density at radius 3 is 2.79 bits per heavy atom. The molecule has 0 bridgehead atoms. The fraction of sp³-hybridized carbons (Fsp3) is 0.909. The fourth-order valence-electron chi connectivity index (χ4n) is 2.68. The van der Waals surface area contributed by atoms with Crippen LogP contribution < -0.4 is 0 Å². The topological polar surface area (TPSA) is 40.5 Å². The predicted octanol–water partition coefficient (Wildman–Crippen LogP) is 0.811. The Morgan fingerprint density at radius 1 is 1.50 bits per heavy atom. The highest BCUT2D eigenvalue weighted by molar-refractivity contribution is 5.85. The van der Waals surface area contributed by atoms with Crippen LogP contribution in [0.3, 0.4) is 0 Å². The molecule has 3 unspecified atom stereocenters. The van der Waals surface area contributed by atoms with Crippen LogP contribution in [0.1, 0.15) is 32.6 Å². The van der Waals surface area contributed by atoms with Crippen LogP contribution in [-0.4, -0.2) is 41.0 Å². The normalized spacial score (nSPS) is 36.6. The van der Waals surface area contributed by atoms with Crippen LogP contribution in [0, 0.1) is 5.92 Å². The molecule has 0 spiro atoms. The number of carbonyl (C=O) groups excluding carboxylic acids is 1. The van der Waals surface area contributed by atoms with Crippen molar-refractivity contribution < 1.29 is 9.90 Å². The molecule has 1 saturated heterocycles. The van der Waals surface area contributed by atoms with Crippen molar-refractivity contribution in [3.05, 3.63) is 0 Å². The second-order valence-corrected chi connectivity index (χ2v) is 4.66. The average molecular weight is 197 g/mol. The summed E-state index contributed by atoms with van der Waals surface area (Å²) >= 11 is 0. The summed E-state index contributed by atoms with van der Waals surface area (Å²) in [5, 5.41) is 9.47. The van der Waals surface area contributed by atoms with Crippen LogP contribution >= 0.6 is 0 Å². The summed E-state index contributed by atoms with van der Waals surface area (Å²) in [6, 6.07) is 0.179. The molecule has 1 aliphatic heterocycles. The Morgan fingerprint density at radius 2 is 2.29 bits per heavy atom. The number of aliphatic hydroxyl groups excluding tert-OH is 1. The van der Waals surface area contributed by atoms with Gasteiger partial charge in [0.15, 0.2) is 0 Å². The van der Waals surface area contributed by atoms with Gasteiger partial charge in [0.05, 0.1) is 12.1 Å². The summed E-state index contributed by atoms with van der Waals surface area (Å²) in [5.41, 5.74) is 0. The minimum absolute atomic E-state index is 0.179. The molecular weight excluding hydrogens is 178 g/mol. The van der Waals surface area contributed by atoms with E-state index < -0.39 is 0 Å². The lowest BCUT2D eigenvalue weighted by molar-refractivity contribution is -0.121. The number of likely N-dealkylation sites (tertiary alicyclic amines) is 1. The third-order valence-corrected chi connectivity index (χ3v) is 3.65. The van der Waals surface area contributed by atoms with Gasteiger partial charge in [0.25, 0.3) is 0 Å². The van der Waals surface area contributed by atoms with Crippen LogP contribution in [0.4, 0.5) is 0 Å². The van der Waals surface area contributed by atoms with E-state index in [-0.39, 0.29) is 12.1 Å². The maximum Gasteiger partial charge on any atom is 0.149 e. The van der Waals surface area contributed by atoms with Crippen molar-refractivity contribution in [2.45, 2.75) is 44.8 Å². The maximum atomic E-state index is 11.5. The summed E-state index contributed by atoms with van der Waals surface area (Å²) in [7, 11) is 0. The number of Topliss-reactive ketones (excluding diaryl/α,β-unsaturated/α-hetero) is 1. The minimum Gasteiger partial charge on any atom is -0.393 e. The molecular formula is C11H19NO2. The monoisotopic (exact) mass is 197 g/mol. The summed E-state index contributed by atoms with van der Waals surface area (Å²) in [6.07, 6.45) is 3.67. The molecule has 1 heterocycles. The highest BCUT2D eigenvalue weighted by Crippen LogP contribution is 2.27. The number of ketones is 1. The molecule has 80 valence electrons. The lowest BCUT2D eigenvalue weighted by Crippen LogP contribution is -2.37. The largest absolute Gasteiger partial charge is 0.393 e. The zero-order valence-corrected chi connectivity index (χ0v) is 8.78. The minimum atomic E-state index is -0.225. The lowest BCUT2D eigenvalue weighted by atomic mass is 10.0. The molecule has 2 fully saturated rings. The first-order valence-electron chi connectivity index (χ1n) is 5.63. The zero-order chi connectivity index (χ0) is 10.1. The molecule has 2 aliphatic rings. The molecule has 3 heteroatoms. The molecule has 3 atom stereocenters. The zero-order valence-electron chi connectivity index (χ0n) is 8.78. The lowest BCUT2D eigenvalue weighted by Gasteiger charge is -2.22. The molecule has 0 aromatic rings. The Bertz CT molecular complexity index is 227. The standard InChI is InChI=1S/C11H19NO2/c1-8(13)9-5-6-12(7-9)10-3-2-4-11(10)14/h8-10,13H,2-7H2,1H3.